The molecule has 4 nitrogen and oxygen atoms in total. The Kier molecular flexibility index (Phi) is 7.68. The number of aliphatic carboxylic acids is 1. The quantitative estimate of drug-likeness (QED) is 0.698. The van der Waals surface area contributed by atoms with Crippen molar-refractivity contribution in [3.8, 4) is 0 Å². The number of carbonyl (C=O) groups is 2. The van der Waals surface area contributed by atoms with E-state index in [9.17, 15) is 9.59 Å². The molecule has 15 heavy (non-hydrogen) atoms. The Morgan fingerprint density at radius 3 is 2.53 bits per heavy atom. The highest BCUT2D eigenvalue weighted by Gasteiger charge is 2.13. The Hall–Kier alpha value is -0.360. The van der Waals surface area contributed by atoms with Crippen molar-refractivity contribution < 1.29 is 14.7 Å². The average molecular weight is 251 g/mol. The summed E-state index contributed by atoms with van der Waals surface area (Å²) in [5.74, 6) is -1.08. The van der Waals surface area contributed by atoms with Gasteiger partial charge in [-0.25, -0.2) is 0 Å². The predicted molar refractivity (Wildman–Crippen MR) is 65.1 cm³/mol. The van der Waals surface area contributed by atoms with Gasteiger partial charge in [0.2, 0.25) is 5.91 Å². The third kappa shape index (κ3) is 7.56. The Morgan fingerprint density at radius 1 is 1.47 bits per heavy atom. The molecule has 0 heterocycles. The molecule has 6 heteroatoms. The minimum atomic E-state index is -0.975. The van der Waals surface area contributed by atoms with E-state index in [1.54, 1.807) is 21.6 Å². The lowest BCUT2D eigenvalue weighted by atomic mass is 10.2. The number of rotatable bonds is 7. The molecule has 0 radical (unpaired) electrons. The molecular weight excluding hydrogens is 234 g/mol. The summed E-state index contributed by atoms with van der Waals surface area (Å²) >= 11 is 0. The van der Waals surface area contributed by atoms with Crippen LogP contribution in [0.4, 0.5) is 0 Å². The highest BCUT2D eigenvalue weighted by molar-refractivity contribution is 8.76. The van der Waals surface area contributed by atoms with Crippen LogP contribution in [0.2, 0.25) is 0 Å². The van der Waals surface area contributed by atoms with E-state index in [1.165, 1.54) is 11.9 Å². The third-order valence-corrected chi connectivity index (χ3v) is 4.14. The monoisotopic (exact) mass is 251 g/mol. The molecule has 0 aromatic rings. The lowest BCUT2D eigenvalue weighted by Gasteiger charge is -2.15. The number of hydrogen-bond donors (Lipinski definition) is 1. The second-order valence-electron chi connectivity index (χ2n) is 3.26. The summed E-state index contributed by atoms with van der Waals surface area (Å²) < 4.78 is 0. The van der Waals surface area contributed by atoms with Gasteiger partial charge < -0.3 is 10.0 Å². The maximum Gasteiger partial charge on any atom is 0.323 e. The van der Waals surface area contributed by atoms with E-state index in [0.29, 0.717) is 11.7 Å². The Balaban J connectivity index is 3.77. The van der Waals surface area contributed by atoms with Gasteiger partial charge in [-0.1, -0.05) is 28.5 Å². The van der Waals surface area contributed by atoms with Crippen molar-refractivity contribution in [2.45, 2.75) is 25.0 Å². The fraction of sp³-hybridized carbons (Fsp3) is 0.778. The second-order valence-corrected chi connectivity index (χ2v) is 6.16. The van der Waals surface area contributed by atoms with Crippen molar-refractivity contribution in [1.82, 2.24) is 4.90 Å². The van der Waals surface area contributed by atoms with Crippen molar-refractivity contribution in [1.29, 1.82) is 0 Å². The summed E-state index contributed by atoms with van der Waals surface area (Å²) in [7, 11) is 4.92. The fourth-order valence-electron chi connectivity index (χ4n) is 1.02. The second kappa shape index (κ2) is 7.87. The van der Waals surface area contributed by atoms with Gasteiger partial charge in [0.15, 0.2) is 0 Å². The Labute approximate surface area is 98.2 Å². The van der Waals surface area contributed by atoms with Crippen LogP contribution < -0.4 is 0 Å². The maximum atomic E-state index is 11.4. The molecule has 0 bridgehead atoms. The summed E-state index contributed by atoms with van der Waals surface area (Å²) in [6, 6.07) is 0. The van der Waals surface area contributed by atoms with Crippen molar-refractivity contribution in [2.24, 2.45) is 0 Å². The molecule has 88 valence electrons. The summed E-state index contributed by atoms with van der Waals surface area (Å²) in [6.07, 6.45) is 3.20. The summed E-state index contributed by atoms with van der Waals surface area (Å²) in [4.78, 5) is 23.0. The SMILES string of the molecule is CSSC(C)CCC(=O)N(C)CC(=O)O. The Bertz CT molecular complexity index is 223. The van der Waals surface area contributed by atoms with Gasteiger partial charge in [0.1, 0.15) is 6.54 Å². The Morgan fingerprint density at radius 2 is 2.07 bits per heavy atom. The van der Waals surface area contributed by atoms with Crippen molar-refractivity contribution in [3.63, 3.8) is 0 Å². The maximum absolute atomic E-state index is 11.4. The van der Waals surface area contributed by atoms with E-state index in [0.717, 1.165) is 6.42 Å². The van der Waals surface area contributed by atoms with E-state index in [-0.39, 0.29) is 12.5 Å². The van der Waals surface area contributed by atoms with Crippen LogP contribution in [0, 0.1) is 0 Å². The zero-order chi connectivity index (χ0) is 11.8. The molecule has 0 aromatic heterocycles. The van der Waals surface area contributed by atoms with Gasteiger partial charge >= 0.3 is 5.97 Å². The molecule has 0 aromatic carbocycles. The summed E-state index contributed by atoms with van der Waals surface area (Å²) in [6.45, 7) is 1.84. The van der Waals surface area contributed by atoms with Crippen LogP contribution in [0.5, 0.6) is 0 Å². The summed E-state index contributed by atoms with van der Waals surface area (Å²) in [5, 5.41) is 8.91. The molecule has 0 aliphatic heterocycles. The normalized spacial score (nSPS) is 12.2. The number of nitrogens with zero attached hydrogens (tertiary/aromatic N) is 1. The van der Waals surface area contributed by atoms with Crippen LogP contribution in [0.25, 0.3) is 0 Å². The van der Waals surface area contributed by atoms with Gasteiger partial charge in [-0.2, -0.15) is 0 Å². The van der Waals surface area contributed by atoms with E-state index in [1.807, 2.05) is 6.26 Å². The standard InChI is InChI=1S/C9H17NO3S2/c1-7(15-14-3)4-5-8(11)10(2)6-9(12)13/h7H,4-6H2,1-3H3,(H,12,13). The molecule has 0 saturated carbocycles. The molecule has 0 rings (SSSR count). The number of likely N-dealkylation sites (N-methyl/N-ethyl adjacent to an activating group) is 1. The van der Waals surface area contributed by atoms with Gasteiger partial charge in [0, 0.05) is 18.7 Å². The predicted octanol–water partition coefficient (Wildman–Crippen LogP) is 1.71. The first kappa shape index (κ1) is 14.6. The molecule has 1 unspecified atom stereocenters. The van der Waals surface area contributed by atoms with Gasteiger partial charge in [-0.15, -0.1) is 0 Å². The lowest BCUT2D eigenvalue weighted by Crippen LogP contribution is -2.32. The molecule has 0 fully saturated rings. The minimum absolute atomic E-state index is 0.106. The molecular formula is C9H17NO3S2. The van der Waals surface area contributed by atoms with Crippen LogP contribution in [-0.2, 0) is 9.59 Å². The molecule has 0 spiro atoms. The first-order valence-electron chi connectivity index (χ1n) is 4.62. The lowest BCUT2D eigenvalue weighted by molar-refractivity contribution is -0.143. The number of hydrogen-bond acceptors (Lipinski definition) is 4. The smallest absolute Gasteiger partial charge is 0.323 e. The van der Waals surface area contributed by atoms with Crippen molar-refractivity contribution in [3.05, 3.63) is 0 Å². The molecule has 0 aliphatic rings. The number of carboxylic acid groups (broad SMARTS) is 1. The average Bonchev–Trinajstić information content (AvgIpc) is 2.13. The van der Waals surface area contributed by atoms with E-state index < -0.39 is 5.97 Å². The van der Waals surface area contributed by atoms with E-state index >= 15 is 0 Å². The van der Waals surface area contributed by atoms with E-state index in [4.69, 9.17) is 5.11 Å². The zero-order valence-electron chi connectivity index (χ0n) is 9.23. The molecule has 1 amide bonds. The van der Waals surface area contributed by atoms with Crippen LogP contribution in [0.1, 0.15) is 19.8 Å². The largest absolute Gasteiger partial charge is 0.480 e. The molecule has 1 atom stereocenters. The van der Waals surface area contributed by atoms with Crippen molar-refractivity contribution >= 4 is 33.5 Å². The number of carboxylic acids is 1. The first-order valence-corrected chi connectivity index (χ1v) is 7.24. The van der Waals surface area contributed by atoms with Crippen LogP contribution in [0.15, 0.2) is 0 Å². The number of carbonyl (C=O) groups excluding carboxylic acids is 1. The van der Waals surface area contributed by atoms with Gasteiger partial charge in [-0.05, 0) is 12.7 Å². The molecule has 1 N–H and O–H groups in total. The van der Waals surface area contributed by atoms with Crippen LogP contribution in [-0.4, -0.2) is 47.0 Å². The van der Waals surface area contributed by atoms with Crippen LogP contribution >= 0.6 is 21.6 Å². The van der Waals surface area contributed by atoms with Crippen LogP contribution in [0.3, 0.4) is 0 Å². The van der Waals surface area contributed by atoms with Gasteiger partial charge in [-0.3, -0.25) is 9.59 Å². The molecule has 0 saturated heterocycles. The van der Waals surface area contributed by atoms with Crippen molar-refractivity contribution in [2.75, 3.05) is 19.8 Å². The highest BCUT2D eigenvalue weighted by Crippen LogP contribution is 2.26. The zero-order valence-corrected chi connectivity index (χ0v) is 10.9. The third-order valence-electron chi connectivity index (χ3n) is 1.82. The van der Waals surface area contributed by atoms with Gasteiger partial charge in [0.05, 0.1) is 0 Å². The highest BCUT2D eigenvalue weighted by atomic mass is 33.1. The fourth-order valence-corrected chi connectivity index (χ4v) is 2.84. The molecule has 0 aliphatic carbocycles. The summed E-state index contributed by atoms with van der Waals surface area (Å²) in [5.41, 5.74) is 0. The number of amides is 1. The van der Waals surface area contributed by atoms with Gasteiger partial charge in [0.25, 0.3) is 0 Å². The minimum Gasteiger partial charge on any atom is -0.480 e. The van der Waals surface area contributed by atoms with E-state index in [2.05, 4.69) is 6.92 Å². The first-order chi connectivity index (χ1) is 6.97. The topological polar surface area (TPSA) is 57.6 Å².